The van der Waals surface area contributed by atoms with Crippen LogP contribution in [0.1, 0.15) is 19.8 Å². The van der Waals surface area contributed by atoms with E-state index in [0.29, 0.717) is 17.9 Å². The molecule has 0 aliphatic carbocycles. The third-order valence-electron chi connectivity index (χ3n) is 3.04. The molecule has 0 atom stereocenters. The standard InChI is InChI=1S/C15H17N3O3/c1-2-3-9-18(15(16)20)12-6-7-13(21-14(12)19)11-5-4-8-17-10-11/h4-8,10H,2-3,9H2,1H3,(H2,16,20). The summed E-state index contributed by atoms with van der Waals surface area (Å²) in [5, 5.41) is 0. The Kier molecular flexibility index (Phi) is 4.71. The summed E-state index contributed by atoms with van der Waals surface area (Å²) in [5.74, 6) is 0.400. The molecule has 0 unspecified atom stereocenters. The van der Waals surface area contributed by atoms with Crippen molar-refractivity contribution in [1.82, 2.24) is 4.98 Å². The van der Waals surface area contributed by atoms with Crippen LogP contribution in [0.5, 0.6) is 0 Å². The van der Waals surface area contributed by atoms with Gasteiger partial charge in [-0.1, -0.05) is 13.3 Å². The van der Waals surface area contributed by atoms with Crippen molar-refractivity contribution < 1.29 is 9.21 Å². The molecule has 6 heteroatoms. The molecule has 0 saturated heterocycles. The molecule has 0 saturated carbocycles. The van der Waals surface area contributed by atoms with Crippen molar-refractivity contribution in [3.8, 4) is 11.3 Å². The molecule has 21 heavy (non-hydrogen) atoms. The number of carbonyl (C=O) groups excluding carboxylic acids is 1. The molecular formula is C15H17N3O3. The molecule has 6 nitrogen and oxygen atoms in total. The average molecular weight is 287 g/mol. The van der Waals surface area contributed by atoms with E-state index in [-0.39, 0.29) is 5.69 Å². The first-order chi connectivity index (χ1) is 10.1. The molecule has 2 rings (SSSR count). The molecule has 2 amide bonds. The van der Waals surface area contributed by atoms with Gasteiger partial charge in [0, 0.05) is 24.5 Å². The van der Waals surface area contributed by atoms with Gasteiger partial charge in [-0.25, -0.2) is 9.59 Å². The van der Waals surface area contributed by atoms with E-state index < -0.39 is 11.7 Å². The quantitative estimate of drug-likeness (QED) is 0.914. The van der Waals surface area contributed by atoms with E-state index in [9.17, 15) is 9.59 Å². The van der Waals surface area contributed by atoms with Crippen molar-refractivity contribution >= 4 is 11.7 Å². The van der Waals surface area contributed by atoms with Crippen molar-refractivity contribution in [2.24, 2.45) is 5.73 Å². The predicted molar refractivity (Wildman–Crippen MR) is 80.0 cm³/mol. The van der Waals surface area contributed by atoms with Crippen LogP contribution in [0, 0.1) is 0 Å². The van der Waals surface area contributed by atoms with Crippen LogP contribution in [-0.2, 0) is 0 Å². The van der Waals surface area contributed by atoms with Crippen LogP contribution in [0.15, 0.2) is 45.9 Å². The third-order valence-corrected chi connectivity index (χ3v) is 3.04. The van der Waals surface area contributed by atoms with Crippen molar-refractivity contribution in [3.05, 3.63) is 47.1 Å². The van der Waals surface area contributed by atoms with Gasteiger partial charge in [-0.15, -0.1) is 0 Å². The van der Waals surface area contributed by atoms with Crippen molar-refractivity contribution in [2.75, 3.05) is 11.4 Å². The van der Waals surface area contributed by atoms with Crippen molar-refractivity contribution in [2.45, 2.75) is 19.8 Å². The monoisotopic (exact) mass is 287 g/mol. The lowest BCUT2D eigenvalue weighted by Crippen LogP contribution is -2.39. The first kappa shape index (κ1) is 14.8. The van der Waals surface area contributed by atoms with E-state index in [4.69, 9.17) is 10.2 Å². The highest BCUT2D eigenvalue weighted by atomic mass is 16.4. The molecule has 0 fully saturated rings. The molecule has 0 spiro atoms. The first-order valence-electron chi connectivity index (χ1n) is 6.75. The van der Waals surface area contributed by atoms with Gasteiger partial charge < -0.3 is 10.2 Å². The van der Waals surface area contributed by atoms with Gasteiger partial charge in [-0.3, -0.25) is 9.88 Å². The number of hydrogen-bond acceptors (Lipinski definition) is 4. The Labute approximate surface area is 122 Å². The van der Waals surface area contributed by atoms with Crippen LogP contribution in [0.4, 0.5) is 10.5 Å². The summed E-state index contributed by atoms with van der Waals surface area (Å²) in [4.78, 5) is 28.8. The molecule has 0 aromatic carbocycles. The Morgan fingerprint density at radius 1 is 1.38 bits per heavy atom. The predicted octanol–water partition coefficient (Wildman–Crippen LogP) is 2.39. The Bertz CT molecular complexity index is 667. The minimum atomic E-state index is -0.662. The number of carbonyl (C=O) groups is 1. The maximum Gasteiger partial charge on any atom is 0.360 e. The van der Waals surface area contributed by atoms with Gasteiger partial charge in [0.25, 0.3) is 0 Å². The summed E-state index contributed by atoms with van der Waals surface area (Å²) in [5.41, 5.74) is 5.58. The minimum Gasteiger partial charge on any atom is -0.421 e. The summed E-state index contributed by atoms with van der Waals surface area (Å²) < 4.78 is 5.26. The second-order valence-corrected chi connectivity index (χ2v) is 4.56. The Balaban J connectivity index is 2.34. The maximum absolute atomic E-state index is 12.1. The molecule has 0 bridgehead atoms. The SMILES string of the molecule is CCCCN(C(N)=O)c1ccc(-c2cccnc2)oc1=O. The topological polar surface area (TPSA) is 89.4 Å². The highest BCUT2D eigenvalue weighted by molar-refractivity contribution is 5.90. The Hall–Kier alpha value is -2.63. The van der Waals surface area contributed by atoms with Gasteiger partial charge in [0.15, 0.2) is 0 Å². The number of nitrogens with two attached hydrogens (primary N) is 1. The number of pyridine rings is 1. The van der Waals surface area contributed by atoms with Gasteiger partial charge in [-0.2, -0.15) is 0 Å². The summed E-state index contributed by atoms with van der Waals surface area (Å²) in [6.07, 6.45) is 4.88. The van der Waals surface area contributed by atoms with Crippen LogP contribution in [-0.4, -0.2) is 17.6 Å². The highest BCUT2D eigenvalue weighted by Gasteiger charge is 2.17. The molecule has 2 N–H and O–H groups in total. The molecule has 0 aliphatic heterocycles. The molecular weight excluding hydrogens is 270 g/mol. The zero-order valence-electron chi connectivity index (χ0n) is 11.8. The number of amides is 2. The van der Waals surface area contributed by atoms with Crippen molar-refractivity contribution in [1.29, 1.82) is 0 Å². The third kappa shape index (κ3) is 3.47. The Morgan fingerprint density at radius 3 is 2.76 bits per heavy atom. The van der Waals surface area contributed by atoms with Crippen LogP contribution in [0.25, 0.3) is 11.3 Å². The lowest BCUT2D eigenvalue weighted by molar-refractivity contribution is 0.253. The number of anilines is 1. The number of hydrogen-bond donors (Lipinski definition) is 1. The van der Waals surface area contributed by atoms with Crippen LogP contribution >= 0.6 is 0 Å². The van der Waals surface area contributed by atoms with Crippen LogP contribution < -0.4 is 16.3 Å². The van der Waals surface area contributed by atoms with E-state index in [1.165, 1.54) is 4.90 Å². The molecule has 2 heterocycles. The number of nitrogens with zero attached hydrogens (tertiary/aromatic N) is 2. The molecule has 2 aromatic rings. The van der Waals surface area contributed by atoms with Crippen LogP contribution in [0.3, 0.4) is 0 Å². The fourth-order valence-corrected chi connectivity index (χ4v) is 1.94. The van der Waals surface area contributed by atoms with Crippen molar-refractivity contribution in [3.63, 3.8) is 0 Å². The fraction of sp³-hybridized carbons (Fsp3) is 0.267. The first-order valence-corrected chi connectivity index (χ1v) is 6.75. The second kappa shape index (κ2) is 6.69. The van der Waals surface area contributed by atoms with Gasteiger partial charge in [-0.05, 0) is 30.7 Å². The summed E-state index contributed by atoms with van der Waals surface area (Å²) in [7, 11) is 0. The number of urea groups is 1. The smallest absolute Gasteiger partial charge is 0.360 e. The molecule has 110 valence electrons. The number of primary amides is 1. The average Bonchev–Trinajstić information content (AvgIpc) is 2.49. The van der Waals surface area contributed by atoms with Crippen LogP contribution in [0.2, 0.25) is 0 Å². The number of rotatable bonds is 5. The van der Waals surface area contributed by atoms with E-state index in [1.54, 1.807) is 36.7 Å². The normalized spacial score (nSPS) is 10.3. The minimum absolute atomic E-state index is 0.156. The maximum atomic E-state index is 12.1. The number of aromatic nitrogens is 1. The van der Waals surface area contributed by atoms with Gasteiger partial charge in [0.05, 0.1) is 0 Å². The van der Waals surface area contributed by atoms with E-state index in [1.807, 2.05) is 6.92 Å². The largest absolute Gasteiger partial charge is 0.421 e. The zero-order valence-corrected chi connectivity index (χ0v) is 11.8. The second-order valence-electron chi connectivity index (χ2n) is 4.56. The Morgan fingerprint density at radius 2 is 2.19 bits per heavy atom. The van der Waals surface area contributed by atoms with E-state index in [0.717, 1.165) is 12.8 Å². The lowest BCUT2D eigenvalue weighted by atomic mass is 10.2. The molecule has 0 radical (unpaired) electrons. The lowest BCUT2D eigenvalue weighted by Gasteiger charge is -2.18. The summed E-state index contributed by atoms with van der Waals surface area (Å²) >= 11 is 0. The van der Waals surface area contributed by atoms with Gasteiger partial charge in [0.2, 0.25) is 0 Å². The van der Waals surface area contributed by atoms with Gasteiger partial charge >= 0.3 is 11.7 Å². The van der Waals surface area contributed by atoms with E-state index >= 15 is 0 Å². The fourth-order valence-electron chi connectivity index (χ4n) is 1.94. The van der Waals surface area contributed by atoms with Gasteiger partial charge in [0.1, 0.15) is 11.4 Å². The van der Waals surface area contributed by atoms with E-state index in [2.05, 4.69) is 4.98 Å². The number of unbranched alkanes of at least 4 members (excludes halogenated alkanes) is 1. The zero-order chi connectivity index (χ0) is 15.2. The summed E-state index contributed by atoms with van der Waals surface area (Å²) in [6.45, 7) is 2.38. The molecule has 2 aromatic heterocycles. The highest BCUT2D eigenvalue weighted by Crippen LogP contribution is 2.19. The summed E-state index contributed by atoms with van der Waals surface area (Å²) in [6, 6.07) is 6.06. The molecule has 0 aliphatic rings.